The summed E-state index contributed by atoms with van der Waals surface area (Å²) in [5.41, 5.74) is 6.51. The molecular weight excluding hydrogens is 329 g/mol. The second kappa shape index (κ2) is 8.34. The molecule has 1 atom stereocenters. The zero-order valence-electron chi connectivity index (χ0n) is 11.5. The Morgan fingerprint density at radius 1 is 1.48 bits per heavy atom. The lowest BCUT2D eigenvalue weighted by Gasteiger charge is -2.06. The molecular formula is C14H17Cl2N3OS. The highest BCUT2D eigenvalue weighted by Gasteiger charge is 2.13. The summed E-state index contributed by atoms with van der Waals surface area (Å²) < 4.78 is 0. The third kappa shape index (κ3) is 4.97. The highest BCUT2D eigenvalue weighted by Crippen LogP contribution is 2.24. The van der Waals surface area contributed by atoms with Gasteiger partial charge in [0.1, 0.15) is 0 Å². The lowest BCUT2D eigenvalue weighted by atomic mass is 10.1. The molecule has 1 amide bonds. The second-order valence-electron chi connectivity index (χ2n) is 4.53. The number of amides is 1. The van der Waals surface area contributed by atoms with Gasteiger partial charge in [-0.1, -0.05) is 36.7 Å². The molecule has 0 aliphatic rings. The second-order valence-corrected chi connectivity index (χ2v) is 6.05. The van der Waals surface area contributed by atoms with Crippen LogP contribution in [-0.4, -0.2) is 17.4 Å². The molecule has 0 saturated heterocycles. The zero-order chi connectivity index (χ0) is 14.5. The molecule has 0 bridgehead atoms. The van der Waals surface area contributed by atoms with Crippen LogP contribution in [0.5, 0.6) is 0 Å². The lowest BCUT2D eigenvalue weighted by molar-refractivity contribution is -0.119. The number of carbonyl (C=O) groups excluding carboxylic acids is 1. The molecule has 0 aliphatic heterocycles. The minimum atomic E-state index is -0.217. The van der Waals surface area contributed by atoms with Crippen LogP contribution in [0.1, 0.15) is 17.4 Å². The molecule has 1 aromatic carbocycles. The van der Waals surface area contributed by atoms with Crippen LogP contribution in [-0.2, 0) is 11.2 Å². The van der Waals surface area contributed by atoms with E-state index in [9.17, 15) is 4.79 Å². The van der Waals surface area contributed by atoms with Crippen LogP contribution in [0.4, 0.5) is 5.13 Å². The first-order valence-corrected chi connectivity index (χ1v) is 7.48. The Hall–Kier alpha value is -1.14. The molecule has 0 aliphatic carbocycles. The van der Waals surface area contributed by atoms with Crippen molar-refractivity contribution in [3.05, 3.63) is 45.9 Å². The van der Waals surface area contributed by atoms with Gasteiger partial charge in [0, 0.05) is 35.0 Å². The molecule has 2 aromatic rings. The van der Waals surface area contributed by atoms with Gasteiger partial charge in [-0.15, -0.1) is 23.7 Å². The summed E-state index contributed by atoms with van der Waals surface area (Å²) >= 11 is 7.58. The van der Waals surface area contributed by atoms with Crippen molar-refractivity contribution < 1.29 is 4.79 Å². The van der Waals surface area contributed by atoms with E-state index >= 15 is 0 Å². The number of hydrogen-bond donors (Lipinski definition) is 2. The van der Waals surface area contributed by atoms with Gasteiger partial charge in [-0.05, 0) is 11.6 Å². The van der Waals surface area contributed by atoms with Crippen molar-refractivity contribution in [2.75, 3.05) is 11.9 Å². The van der Waals surface area contributed by atoms with Gasteiger partial charge >= 0.3 is 0 Å². The first-order valence-electron chi connectivity index (χ1n) is 6.29. The number of halogens is 2. The van der Waals surface area contributed by atoms with Gasteiger partial charge in [0.15, 0.2) is 5.13 Å². The lowest BCUT2D eigenvalue weighted by Crippen LogP contribution is -2.26. The average Bonchev–Trinajstić information content (AvgIpc) is 2.87. The largest absolute Gasteiger partial charge is 0.330 e. The van der Waals surface area contributed by atoms with Gasteiger partial charge in [0.25, 0.3) is 0 Å². The number of thiazole rings is 1. The molecule has 2 rings (SSSR count). The number of carbonyl (C=O) groups is 1. The van der Waals surface area contributed by atoms with Crippen molar-refractivity contribution in [3.63, 3.8) is 0 Å². The van der Waals surface area contributed by atoms with Crippen LogP contribution in [0.2, 0.25) is 5.02 Å². The molecule has 0 fully saturated rings. The van der Waals surface area contributed by atoms with E-state index in [0.717, 1.165) is 15.5 Å². The third-order valence-corrected chi connectivity index (χ3v) is 4.19. The number of nitrogens with zero attached hydrogens (tertiary/aromatic N) is 1. The Labute approximate surface area is 139 Å². The van der Waals surface area contributed by atoms with Crippen LogP contribution >= 0.6 is 35.3 Å². The molecule has 0 saturated carbocycles. The Bertz CT molecular complexity index is 603. The number of anilines is 1. The summed E-state index contributed by atoms with van der Waals surface area (Å²) in [4.78, 5) is 17.0. The summed E-state index contributed by atoms with van der Waals surface area (Å²) in [5.74, 6) is -0.322. The van der Waals surface area contributed by atoms with Crippen molar-refractivity contribution in [3.8, 4) is 0 Å². The van der Waals surface area contributed by atoms with Gasteiger partial charge in [-0.25, -0.2) is 4.98 Å². The summed E-state index contributed by atoms with van der Waals surface area (Å²) in [7, 11) is 0. The standard InChI is InChI=1S/C14H16ClN3OS.ClH/c1-9(7-16)13(19)18-14-17-8-11(20-14)6-10-4-2-3-5-12(10)15;/h2-5,8-9H,6-7,16H2,1H3,(H,17,18,19);1H. The fraction of sp³-hybridized carbons (Fsp3) is 0.286. The van der Waals surface area contributed by atoms with Gasteiger partial charge in [0.05, 0.1) is 0 Å². The minimum absolute atomic E-state index is 0. The Morgan fingerprint density at radius 3 is 2.86 bits per heavy atom. The van der Waals surface area contributed by atoms with Gasteiger partial charge < -0.3 is 11.1 Å². The maximum atomic E-state index is 11.7. The summed E-state index contributed by atoms with van der Waals surface area (Å²) in [6, 6.07) is 7.70. The van der Waals surface area contributed by atoms with Crippen LogP contribution in [0, 0.1) is 5.92 Å². The van der Waals surface area contributed by atoms with Gasteiger partial charge in [-0.3, -0.25) is 4.79 Å². The summed E-state index contributed by atoms with van der Waals surface area (Å²) in [6.07, 6.45) is 2.47. The van der Waals surface area contributed by atoms with Crippen molar-refractivity contribution in [2.45, 2.75) is 13.3 Å². The van der Waals surface area contributed by atoms with Crippen LogP contribution < -0.4 is 11.1 Å². The van der Waals surface area contributed by atoms with Crippen molar-refractivity contribution in [1.29, 1.82) is 0 Å². The van der Waals surface area contributed by atoms with E-state index in [1.807, 2.05) is 24.3 Å². The van der Waals surface area contributed by atoms with Crippen LogP contribution in [0.25, 0.3) is 0 Å². The molecule has 1 heterocycles. The highest BCUT2D eigenvalue weighted by molar-refractivity contribution is 7.15. The van der Waals surface area contributed by atoms with E-state index in [1.54, 1.807) is 13.1 Å². The van der Waals surface area contributed by atoms with Crippen LogP contribution in [0.3, 0.4) is 0 Å². The van der Waals surface area contributed by atoms with E-state index < -0.39 is 0 Å². The van der Waals surface area contributed by atoms with E-state index in [2.05, 4.69) is 10.3 Å². The Balaban J connectivity index is 0.00000220. The van der Waals surface area contributed by atoms with Gasteiger partial charge in [-0.2, -0.15) is 0 Å². The Kier molecular flexibility index (Phi) is 7.11. The van der Waals surface area contributed by atoms with E-state index in [1.165, 1.54) is 11.3 Å². The maximum absolute atomic E-state index is 11.7. The van der Waals surface area contributed by atoms with E-state index in [0.29, 0.717) is 18.1 Å². The number of hydrogen-bond acceptors (Lipinski definition) is 4. The highest BCUT2D eigenvalue weighted by atomic mass is 35.5. The first kappa shape index (κ1) is 17.9. The van der Waals surface area contributed by atoms with E-state index in [4.69, 9.17) is 17.3 Å². The molecule has 114 valence electrons. The maximum Gasteiger partial charge on any atom is 0.230 e. The van der Waals surface area contributed by atoms with Crippen molar-refractivity contribution in [2.24, 2.45) is 11.7 Å². The zero-order valence-corrected chi connectivity index (χ0v) is 13.9. The number of benzene rings is 1. The average molecular weight is 346 g/mol. The SMILES string of the molecule is CC(CN)C(=O)Nc1ncc(Cc2ccccc2Cl)s1.Cl. The molecule has 0 radical (unpaired) electrons. The fourth-order valence-corrected chi connectivity index (χ4v) is 2.65. The third-order valence-electron chi connectivity index (χ3n) is 2.91. The molecule has 3 N–H and O–H groups in total. The fourth-order valence-electron chi connectivity index (χ4n) is 1.61. The number of rotatable bonds is 5. The number of nitrogens with two attached hydrogens (primary N) is 1. The molecule has 4 nitrogen and oxygen atoms in total. The quantitative estimate of drug-likeness (QED) is 0.872. The predicted molar refractivity (Wildman–Crippen MR) is 90.5 cm³/mol. The molecule has 1 aromatic heterocycles. The summed E-state index contributed by atoms with van der Waals surface area (Å²) in [6.45, 7) is 2.11. The van der Waals surface area contributed by atoms with Crippen molar-refractivity contribution >= 4 is 46.4 Å². The molecule has 1 unspecified atom stereocenters. The number of aromatic nitrogens is 1. The smallest absolute Gasteiger partial charge is 0.230 e. The molecule has 21 heavy (non-hydrogen) atoms. The van der Waals surface area contributed by atoms with Crippen LogP contribution in [0.15, 0.2) is 30.5 Å². The molecule has 0 spiro atoms. The topological polar surface area (TPSA) is 68.0 Å². The van der Waals surface area contributed by atoms with E-state index in [-0.39, 0.29) is 24.2 Å². The normalized spacial score (nSPS) is 11.6. The van der Waals surface area contributed by atoms with Gasteiger partial charge in [0.2, 0.25) is 5.91 Å². The van der Waals surface area contributed by atoms with Crippen molar-refractivity contribution in [1.82, 2.24) is 4.98 Å². The Morgan fingerprint density at radius 2 is 2.19 bits per heavy atom. The predicted octanol–water partition coefficient (Wildman–Crippen LogP) is 3.34. The monoisotopic (exact) mass is 345 g/mol. The minimum Gasteiger partial charge on any atom is -0.330 e. The number of nitrogens with one attached hydrogen (secondary N) is 1. The first-order chi connectivity index (χ1) is 9.60. The molecule has 7 heteroatoms. The summed E-state index contributed by atoms with van der Waals surface area (Å²) in [5, 5.41) is 4.10.